The number of rotatable bonds is 5. The van der Waals surface area contributed by atoms with Gasteiger partial charge in [-0.2, -0.15) is 0 Å². The molecule has 2 fully saturated rings. The van der Waals surface area contributed by atoms with Crippen molar-refractivity contribution in [1.29, 1.82) is 0 Å². The van der Waals surface area contributed by atoms with E-state index in [0.717, 1.165) is 18.8 Å². The van der Waals surface area contributed by atoms with E-state index in [2.05, 4.69) is 11.9 Å². The summed E-state index contributed by atoms with van der Waals surface area (Å²) in [5, 5.41) is 0. The number of carbonyl (C=O) groups excluding carboxylic acids is 3. The van der Waals surface area contributed by atoms with Gasteiger partial charge in [-0.3, -0.25) is 9.59 Å². The summed E-state index contributed by atoms with van der Waals surface area (Å²) in [6, 6.07) is 7.39. The number of piperidine rings is 1. The fourth-order valence-corrected chi connectivity index (χ4v) is 4.45. The smallest absolute Gasteiger partial charge is 0.410 e. The molecule has 0 atom stereocenters. The molecule has 0 bridgehead atoms. The van der Waals surface area contributed by atoms with E-state index in [1.165, 1.54) is 0 Å². The van der Waals surface area contributed by atoms with Crippen LogP contribution < -0.4 is 4.90 Å². The van der Waals surface area contributed by atoms with Crippen molar-refractivity contribution in [2.45, 2.75) is 58.6 Å². The second-order valence-electron chi connectivity index (χ2n) is 9.85. The molecular formula is C24H35N3O4. The van der Waals surface area contributed by atoms with Crippen LogP contribution in [0.1, 0.15) is 57.3 Å². The lowest BCUT2D eigenvalue weighted by molar-refractivity contribution is -0.117. The Morgan fingerprint density at radius 3 is 2.32 bits per heavy atom. The highest BCUT2D eigenvalue weighted by Crippen LogP contribution is 2.27. The van der Waals surface area contributed by atoms with Gasteiger partial charge in [-0.25, -0.2) is 4.79 Å². The monoisotopic (exact) mass is 429 g/mol. The maximum atomic E-state index is 12.7. The van der Waals surface area contributed by atoms with E-state index in [4.69, 9.17) is 4.74 Å². The van der Waals surface area contributed by atoms with E-state index in [9.17, 15) is 14.4 Å². The quantitative estimate of drug-likeness (QED) is 0.669. The second-order valence-corrected chi connectivity index (χ2v) is 9.85. The SMILES string of the molecule is CC(=O)N(c1cccc(C(=O)CC2CN(C)C2)c1)C1CCN(C(=O)OC(C)(C)C)CC1. The highest BCUT2D eigenvalue weighted by molar-refractivity contribution is 5.99. The lowest BCUT2D eigenvalue weighted by Crippen LogP contribution is -2.49. The third kappa shape index (κ3) is 6.06. The molecule has 2 saturated heterocycles. The first-order valence-electron chi connectivity index (χ1n) is 11.1. The van der Waals surface area contributed by atoms with Crippen LogP contribution in [0.15, 0.2) is 24.3 Å². The van der Waals surface area contributed by atoms with Gasteiger partial charge in [0.15, 0.2) is 5.78 Å². The highest BCUT2D eigenvalue weighted by atomic mass is 16.6. The van der Waals surface area contributed by atoms with Crippen LogP contribution in [0.5, 0.6) is 0 Å². The van der Waals surface area contributed by atoms with E-state index >= 15 is 0 Å². The molecule has 0 N–H and O–H groups in total. The third-order valence-corrected chi connectivity index (χ3v) is 5.88. The lowest BCUT2D eigenvalue weighted by Gasteiger charge is -2.38. The van der Waals surface area contributed by atoms with Crippen LogP contribution >= 0.6 is 0 Å². The number of carbonyl (C=O) groups is 3. The number of anilines is 1. The first kappa shape index (κ1) is 23.3. The van der Waals surface area contributed by atoms with Crippen LogP contribution in [0.4, 0.5) is 10.5 Å². The molecule has 7 nitrogen and oxygen atoms in total. The Hall–Kier alpha value is -2.41. The molecule has 31 heavy (non-hydrogen) atoms. The summed E-state index contributed by atoms with van der Waals surface area (Å²) in [7, 11) is 2.06. The van der Waals surface area contributed by atoms with Crippen molar-refractivity contribution in [3.05, 3.63) is 29.8 Å². The fraction of sp³-hybridized carbons (Fsp3) is 0.625. The van der Waals surface area contributed by atoms with Gasteiger partial charge in [-0.05, 0) is 58.7 Å². The zero-order valence-corrected chi connectivity index (χ0v) is 19.4. The molecule has 1 aromatic carbocycles. The van der Waals surface area contributed by atoms with E-state index in [-0.39, 0.29) is 23.8 Å². The summed E-state index contributed by atoms with van der Waals surface area (Å²) in [6.45, 7) is 10.1. The Balaban J connectivity index is 1.65. The summed E-state index contributed by atoms with van der Waals surface area (Å²) in [4.78, 5) is 43.3. The topological polar surface area (TPSA) is 70.2 Å². The normalized spacial score (nSPS) is 18.4. The second kappa shape index (κ2) is 9.39. The third-order valence-electron chi connectivity index (χ3n) is 5.88. The molecule has 2 aliphatic rings. The minimum Gasteiger partial charge on any atom is -0.444 e. The maximum absolute atomic E-state index is 12.7. The number of amides is 2. The summed E-state index contributed by atoms with van der Waals surface area (Å²) >= 11 is 0. The molecule has 0 saturated carbocycles. The number of ether oxygens (including phenoxy) is 1. The summed E-state index contributed by atoms with van der Waals surface area (Å²) in [6.07, 6.45) is 1.58. The van der Waals surface area contributed by atoms with E-state index in [0.29, 0.717) is 43.8 Å². The molecule has 0 aliphatic carbocycles. The van der Waals surface area contributed by atoms with Crippen molar-refractivity contribution in [3.63, 3.8) is 0 Å². The molecule has 2 heterocycles. The molecule has 2 amide bonds. The predicted octanol–water partition coefficient (Wildman–Crippen LogP) is 3.57. The number of likely N-dealkylation sites (tertiary alicyclic amines) is 2. The zero-order chi connectivity index (χ0) is 22.8. The maximum Gasteiger partial charge on any atom is 0.410 e. The average Bonchev–Trinajstić information content (AvgIpc) is 2.66. The molecule has 0 aromatic heterocycles. The first-order chi connectivity index (χ1) is 14.5. The van der Waals surface area contributed by atoms with Gasteiger partial charge in [0.25, 0.3) is 0 Å². The van der Waals surface area contributed by atoms with Crippen molar-refractivity contribution < 1.29 is 19.1 Å². The Morgan fingerprint density at radius 1 is 1.13 bits per heavy atom. The lowest BCUT2D eigenvalue weighted by atomic mass is 9.92. The van der Waals surface area contributed by atoms with Crippen LogP contribution in [0.25, 0.3) is 0 Å². The number of hydrogen-bond donors (Lipinski definition) is 0. The van der Waals surface area contributed by atoms with Gasteiger partial charge in [-0.15, -0.1) is 0 Å². The fourth-order valence-electron chi connectivity index (χ4n) is 4.45. The summed E-state index contributed by atoms with van der Waals surface area (Å²) in [5.74, 6) is 0.492. The summed E-state index contributed by atoms with van der Waals surface area (Å²) in [5.41, 5.74) is 0.880. The number of benzene rings is 1. The van der Waals surface area contributed by atoms with Crippen LogP contribution in [-0.2, 0) is 9.53 Å². The molecule has 2 aliphatic heterocycles. The van der Waals surface area contributed by atoms with Gasteiger partial charge in [0.05, 0.1) is 0 Å². The van der Waals surface area contributed by atoms with Gasteiger partial charge in [0.2, 0.25) is 5.91 Å². The van der Waals surface area contributed by atoms with Gasteiger partial charge >= 0.3 is 6.09 Å². The van der Waals surface area contributed by atoms with E-state index < -0.39 is 5.60 Å². The number of hydrogen-bond acceptors (Lipinski definition) is 5. The van der Waals surface area contributed by atoms with Crippen molar-refractivity contribution in [3.8, 4) is 0 Å². The van der Waals surface area contributed by atoms with Crippen LogP contribution in [0.3, 0.4) is 0 Å². The summed E-state index contributed by atoms with van der Waals surface area (Å²) < 4.78 is 5.47. The molecule has 170 valence electrons. The van der Waals surface area contributed by atoms with Crippen molar-refractivity contribution in [2.75, 3.05) is 38.1 Å². The predicted molar refractivity (Wildman–Crippen MR) is 120 cm³/mol. The van der Waals surface area contributed by atoms with Crippen LogP contribution in [0.2, 0.25) is 0 Å². The molecule has 1 aromatic rings. The average molecular weight is 430 g/mol. The Labute approximate surface area is 185 Å². The van der Waals surface area contributed by atoms with E-state index in [1.54, 1.807) is 16.7 Å². The molecule has 0 unspecified atom stereocenters. The van der Waals surface area contributed by atoms with Gasteiger partial charge in [0, 0.05) is 56.8 Å². The molecule has 3 rings (SSSR count). The van der Waals surface area contributed by atoms with Crippen molar-refractivity contribution in [1.82, 2.24) is 9.80 Å². The Morgan fingerprint density at radius 2 is 1.77 bits per heavy atom. The van der Waals surface area contributed by atoms with Crippen molar-refractivity contribution >= 4 is 23.5 Å². The Bertz CT molecular complexity index is 818. The largest absolute Gasteiger partial charge is 0.444 e. The number of nitrogens with zero attached hydrogens (tertiary/aromatic N) is 3. The molecule has 0 radical (unpaired) electrons. The van der Waals surface area contributed by atoms with Crippen LogP contribution in [-0.4, -0.2) is 72.5 Å². The first-order valence-corrected chi connectivity index (χ1v) is 11.1. The Kier molecular flexibility index (Phi) is 7.04. The highest BCUT2D eigenvalue weighted by Gasteiger charge is 2.32. The minimum atomic E-state index is -0.527. The van der Waals surface area contributed by atoms with Crippen molar-refractivity contribution in [2.24, 2.45) is 5.92 Å². The van der Waals surface area contributed by atoms with Crippen LogP contribution in [0, 0.1) is 5.92 Å². The minimum absolute atomic E-state index is 0.0122. The van der Waals surface area contributed by atoms with Gasteiger partial charge in [0.1, 0.15) is 5.60 Å². The standard InChI is InChI=1S/C24H35N3O4/c1-17(28)27(20-9-11-26(12-10-20)23(30)31-24(2,3)4)21-8-6-7-19(14-21)22(29)13-18-15-25(5)16-18/h6-8,14,18,20H,9-13,15-16H2,1-5H3. The van der Waals surface area contributed by atoms with Gasteiger partial charge in [-0.1, -0.05) is 12.1 Å². The number of ketones is 1. The molecule has 0 spiro atoms. The number of Topliss-reactive ketones (excluding diaryl/α,β-unsaturated/α-hetero) is 1. The molecular weight excluding hydrogens is 394 g/mol. The molecule has 7 heteroatoms. The van der Waals surface area contributed by atoms with Gasteiger partial charge < -0.3 is 19.4 Å². The zero-order valence-electron chi connectivity index (χ0n) is 19.4. The van der Waals surface area contributed by atoms with E-state index in [1.807, 2.05) is 45.0 Å².